The van der Waals surface area contributed by atoms with Crippen molar-refractivity contribution in [3.63, 3.8) is 0 Å². The van der Waals surface area contributed by atoms with Gasteiger partial charge in [-0.05, 0) is 6.42 Å². The summed E-state index contributed by atoms with van der Waals surface area (Å²) in [5.41, 5.74) is 0. The van der Waals surface area contributed by atoms with Gasteiger partial charge in [-0.2, -0.15) is 0 Å². The van der Waals surface area contributed by atoms with Crippen LogP contribution in [0.1, 0.15) is 6.42 Å². The molecule has 0 spiro atoms. The van der Waals surface area contributed by atoms with Gasteiger partial charge < -0.3 is 0 Å². The van der Waals surface area contributed by atoms with Crippen molar-refractivity contribution >= 4 is 41.0 Å². The fraction of sp³-hybridized carbons (Fsp3) is 0.200. The highest BCUT2D eigenvalue weighted by atomic mass is 28.2. The number of hydrogen-bond acceptors (Lipinski definition) is 0. The van der Waals surface area contributed by atoms with Gasteiger partial charge in [0.1, 0.15) is 0 Å². The summed E-state index contributed by atoms with van der Waals surface area (Å²) in [5.74, 6) is 0. The lowest BCUT2D eigenvalue weighted by Gasteiger charge is -1.94. The second kappa shape index (κ2) is 2.53. The second-order valence-corrected chi connectivity index (χ2v) is 4.09. The third kappa shape index (κ3) is 1.26. The zero-order valence-corrected chi connectivity index (χ0v) is 8.71. The first kappa shape index (κ1) is 7.45. The number of allylic oxidation sites excluding steroid dienone is 4. The zero-order valence-electron chi connectivity index (χ0n) is 4.71. The summed E-state index contributed by atoms with van der Waals surface area (Å²) in [4.78, 5) is 0. The van der Waals surface area contributed by atoms with Crippen LogP contribution in [-0.4, -0.2) is 41.0 Å². The monoisotopic (exact) mass is 174 g/mol. The van der Waals surface area contributed by atoms with Gasteiger partial charge in [0.05, 0.1) is 41.0 Å². The van der Waals surface area contributed by atoms with Crippen LogP contribution in [0.4, 0.5) is 0 Å². The Kier molecular flexibility index (Phi) is 2.10. The molecule has 0 aromatic heterocycles. The molecule has 12 radical (unpaired) electrons. The normalized spacial score (nSPS) is 20.0. The molecule has 38 valence electrons. The van der Waals surface area contributed by atoms with Crippen LogP contribution in [0.5, 0.6) is 0 Å². The van der Waals surface area contributed by atoms with Crippen LogP contribution in [0.3, 0.4) is 0 Å². The van der Waals surface area contributed by atoms with Gasteiger partial charge in [0.15, 0.2) is 0 Å². The maximum Gasteiger partial charge on any atom is 0.0703 e. The van der Waals surface area contributed by atoms with Gasteiger partial charge in [0.25, 0.3) is 0 Å². The standard InChI is InChI=1S/C5H2Si4/c6-2-1-3(7)5(9)4(2)8/h1H2. The topological polar surface area (TPSA) is 0 Å². The molecule has 0 atom stereocenters. The average Bonchev–Trinajstić information content (AvgIpc) is 1.98. The summed E-state index contributed by atoms with van der Waals surface area (Å²) < 4.78 is 0. The molecular weight excluding hydrogens is 172 g/mol. The summed E-state index contributed by atoms with van der Waals surface area (Å²) in [6, 6.07) is 0. The van der Waals surface area contributed by atoms with Crippen LogP contribution in [0.2, 0.25) is 0 Å². The van der Waals surface area contributed by atoms with Crippen LogP contribution < -0.4 is 0 Å². The van der Waals surface area contributed by atoms with E-state index in [2.05, 4.69) is 41.0 Å². The summed E-state index contributed by atoms with van der Waals surface area (Å²) >= 11 is 0. The molecule has 0 saturated heterocycles. The van der Waals surface area contributed by atoms with Crippen LogP contribution in [0.25, 0.3) is 0 Å². The molecule has 0 unspecified atom stereocenters. The Morgan fingerprint density at radius 1 is 0.778 bits per heavy atom. The van der Waals surface area contributed by atoms with Gasteiger partial charge in [0, 0.05) is 0 Å². The largest absolute Gasteiger partial charge is 0.0865 e. The summed E-state index contributed by atoms with van der Waals surface area (Å²) in [7, 11) is 13.8. The van der Waals surface area contributed by atoms with Crippen molar-refractivity contribution in [2.24, 2.45) is 0 Å². The molecule has 0 bridgehead atoms. The highest BCUT2D eigenvalue weighted by Crippen LogP contribution is 2.23. The van der Waals surface area contributed by atoms with Gasteiger partial charge >= 0.3 is 0 Å². The minimum atomic E-state index is 0.936. The Bertz CT molecular complexity index is 179. The third-order valence-electron chi connectivity index (χ3n) is 1.21. The molecule has 1 rings (SSSR count). The fourth-order valence-corrected chi connectivity index (χ4v) is 2.16. The van der Waals surface area contributed by atoms with Crippen molar-refractivity contribution in [3.8, 4) is 0 Å². The highest BCUT2D eigenvalue weighted by Gasteiger charge is 2.10. The molecule has 0 fully saturated rings. The minimum absolute atomic E-state index is 0.936. The smallest absolute Gasteiger partial charge is 0.0703 e. The predicted octanol–water partition coefficient (Wildman–Crippen LogP) is -0.513. The Balaban J connectivity index is 2.97. The molecule has 0 aromatic carbocycles. The van der Waals surface area contributed by atoms with Crippen LogP contribution in [0, 0.1) is 0 Å². The van der Waals surface area contributed by atoms with E-state index in [1.54, 1.807) is 0 Å². The van der Waals surface area contributed by atoms with E-state index in [4.69, 9.17) is 0 Å². The number of rotatable bonds is 0. The Morgan fingerprint density at radius 3 is 1.22 bits per heavy atom. The molecule has 9 heavy (non-hydrogen) atoms. The van der Waals surface area contributed by atoms with Crippen LogP contribution in [0.15, 0.2) is 20.8 Å². The van der Waals surface area contributed by atoms with E-state index in [0.29, 0.717) is 0 Å². The predicted molar refractivity (Wildman–Crippen MR) is 41.7 cm³/mol. The van der Waals surface area contributed by atoms with E-state index in [0.717, 1.165) is 16.8 Å². The van der Waals surface area contributed by atoms with E-state index in [1.807, 2.05) is 0 Å². The Morgan fingerprint density at radius 2 is 1.11 bits per heavy atom. The van der Waals surface area contributed by atoms with Gasteiger partial charge in [-0.25, -0.2) is 0 Å². The summed E-state index contributed by atoms with van der Waals surface area (Å²) in [5, 5.41) is 4.52. The molecule has 0 aliphatic heterocycles. The summed E-state index contributed by atoms with van der Waals surface area (Å²) in [6.07, 6.45) is 0.936. The van der Waals surface area contributed by atoms with Crippen molar-refractivity contribution in [1.82, 2.24) is 0 Å². The van der Waals surface area contributed by atoms with Gasteiger partial charge in [-0.15, -0.1) is 0 Å². The third-order valence-corrected chi connectivity index (χ3v) is 3.91. The lowest BCUT2D eigenvalue weighted by Crippen LogP contribution is -1.88. The summed E-state index contributed by atoms with van der Waals surface area (Å²) in [6.45, 7) is 0. The maximum absolute atomic E-state index is 3.46. The van der Waals surface area contributed by atoms with Gasteiger partial charge in [-0.3, -0.25) is 0 Å². The Hall–Kier alpha value is 0.348. The molecule has 1 aliphatic rings. The van der Waals surface area contributed by atoms with Gasteiger partial charge in [0.2, 0.25) is 0 Å². The van der Waals surface area contributed by atoms with Crippen molar-refractivity contribution in [2.45, 2.75) is 6.42 Å². The first-order valence-corrected chi connectivity index (χ1v) is 4.46. The minimum Gasteiger partial charge on any atom is -0.0865 e. The average molecular weight is 174 g/mol. The van der Waals surface area contributed by atoms with E-state index in [9.17, 15) is 0 Å². The van der Waals surface area contributed by atoms with E-state index < -0.39 is 0 Å². The van der Waals surface area contributed by atoms with Crippen molar-refractivity contribution in [3.05, 3.63) is 20.8 Å². The van der Waals surface area contributed by atoms with E-state index in [1.165, 1.54) is 10.4 Å². The lowest BCUT2D eigenvalue weighted by molar-refractivity contribution is 1.36. The van der Waals surface area contributed by atoms with Gasteiger partial charge in [-0.1, -0.05) is 20.8 Å². The zero-order chi connectivity index (χ0) is 7.02. The van der Waals surface area contributed by atoms with Crippen LogP contribution >= 0.6 is 0 Å². The van der Waals surface area contributed by atoms with Crippen molar-refractivity contribution < 1.29 is 0 Å². The molecule has 0 nitrogen and oxygen atoms in total. The molecule has 0 N–H and O–H groups in total. The van der Waals surface area contributed by atoms with E-state index >= 15 is 0 Å². The van der Waals surface area contributed by atoms with E-state index in [-0.39, 0.29) is 0 Å². The SMILES string of the molecule is [Si]C1=C([Si])C([Si])=C([Si])C1. The molecule has 0 saturated carbocycles. The molecule has 4 heteroatoms. The maximum atomic E-state index is 3.46. The van der Waals surface area contributed by atoms with Crippen LogP contribution in [-0.2, 0) is 0 Å². The Labute approximate surface area is 68.5 Å². The highest BCUT2D eigenvalue weighted by molar-refractivity contribution is 6.46. The second-order valence-electron chi connectivity index (χ2n) is 1.88. The molecule has 0 aromatic rings. The number of hydrogen-bond donors (Lipinski definition) is 0. The molecule has 0 heterocycles. The molecule has 1 aliphatic carbocycles. The first-order chi connectivity index (χ1) is 4.13. The van der Waals surface area contributed by atoms with Crippen molar-refractivity contribution in [1.29, 1.82) is 0 Å². The molecular formula is C5H2Si4. The first-order valence-electron chi connectivity index (χ1n) is 2.46. The molecule has 0 amide bonds. The fourth-order valence-electron chi connectivity index (χ4n) is 0.655. The quantitative estimate of drug-likeness (QED) is 0.434. The lowest BCUT2D eigenvalue weighted by atomic mass is 10.5. The van der Waals surface area contributed by atoms with Crippen molar-refractivity contribution in [2.75, 3.05) is 0 Å².